The van der Waals surface area contributed by atoms with Gasteiger partial charge in [-0.2, -0.15) is 0 Å². The Kier molecular flexibility index (Phi) is 8.58. The van der Waals surface area contributed by atoms with Gasteiger partial charge in [0.25, 0.3) is 0 Å². The van der Waals surface area contributed by atoms with E-state index in [0.29, 0.717) is 0 Å². The van der Waals surface area contributed by atoms with E-state index in [-0.39, 0.29) is 17.9 Å². The second-order valence-corrected chi connectivity index (χ2v) is 8.78. The second kappa shape index (κ2) is 11.8. The van der Waals surface area contributed by atoms with E-state index in [9.17, 15) is 9.59 Å². The molecule has 0 saturated heterocycles. The SMILES string of the molecule is C=C/C=C(\C=C)C(NC(=O)C(C)(C)C(=O)NC(c1ccccc1)c1ccccc1)c1ccccc1. The molecule has 0 aliphatic heterocycles. The first-order valence-corrected chi connectivity index (χ1v) is 11.6. The Bertz CT molecular complexity index is 1140. The Balaban J connectivity index is 1.88. The largest absolute Gasteiger partial charge is 0.344 e. The molecule has 2 N–H and O–H groups in total. The summed E-state index contributed by atoms with van der Waals surface area (Å²) in [7, 11) is 0. The number of nitrogens with one attached hydrogen (secondary N) is 2. The molecule has 0 aliphatic carbocycles. The van der Waals surface area contributed by atoms with Crippen LogP contribution in [-0.2, 0) is 9.59 Å². The van der Waals surface area contributed by atoms with Gasteiger partial charge in [-0.15, -0.1) is 0 Å². The van der Waals surface area contributed by atoms with Crippen LogP contribution in [0, 0.1) is 5.41 Å². The van der Waals surface area contributed by atoms with E-state index in [1.807, 2.05) is 91.0 Å². The molecule has 3 aromatic rings. The molecule has 0 fully saturated rings. The van der Waals surface area contributed by atoms with Crippen LogP contribution >= 0.6 is 0 Å². The number of carbonyl (C=O) groups is 2. The standard InChI is InChI=1S/C31H32N2O2/c1-5-16-23(6-2)27(24-17-10-7-11-18-24)32-29(34)31(3,4)30(35)33-28(25-19-12-8-13-20-25)26-21-14-9-15-22-26/h5-22,27-28H,1-2H2,3-4H3,(H,32,34)(H,33,35)/b23-16+. The highest BCUT2D eigenvalue weighted by Gasteiger charge is 2.38. The first kappa shape index (κ1) is 25.4. The molecule has 0 saturated carbocycles. The normalized spacial score (nSPS) is 12.5. The Labute approximate surface area is 208 Å². The molecule has 4 heteroatoms. The molecule has 0 heterocycles. The summed E-state index contributed by atoms with van der Waals surface area (Å²) in [5.41, 5.74) is 2.20. The average Bonchev–Trinajstić information content (AvgIpc) is 2.90. The maximum atomic E-state index is 13.5. The first-order valence-electron chi connectivity index (χ1n) is 11.6. The Hall–Kier alpha value is -4.18. The Morgan fingerprint density at radius 1 is 0.714 bits per heavy atom. The van der Waals surface area contributed by atoms with E-state index in [1.165, 1.54) is 0 Å². The summed E-state index contributed by atoms with van der Waals surface area (Å²) in [6.45, 7) is 10.9. The lowest BCUT2D eigenvalue weighted by molar-refractivity contribution is -0.142. The van der Waals surface area contributed by atoms with E-state index in [2.05, 4.69) is 23.8 Å². The number of rotatable bonds is 10. The summed E-state index contributed by atoms with van der Waals surface area (Å²) >= 11 is 0. The summed E-state index contributed by atoms with van der Waals surface area (Å²) in [6.07, 6.45) is 5.15. The highest BCUT2D eigenvalue weighted by Crippen LogP contribution is 2.28. The van der Waals surface area contributed by atoms with Crippen LogP contribution in [-0.4, -0.2) is 11.8 Å². The molecule has 2 amide bonds. The smallest absolute Gasteiger partial charge is 0.235 e. The van der Waals surface area contributed by atoms with Gasteiger partial charge in [0, 0.05) is 0 Å². The third-order valence-electron chi connectivity index (χ3n) is 5.96. The Morgan fingerprint density at radius 2 is 1.14 bits per heavy atom. The molecule has 0 spiro atoms. The number of benzene rings is 3. The molecular formula is C31H32N2O2. The van der Waals surface area contributed by atoms with Crippen LogP contribution in [0.1, 0.15) is 42.6 Å². The summed E-state index contributed by atoms with van der Waals surface area (Å²) in [4.78, 5) is 27.0. The second-order valence-electron chi connectivity index (χ2n) is 8.78. The van der Waals surface area contributed by atoms with Gasteiger partial charge in [-0.1, -0.05) is 122 Å². The molecule has 0 aromatic heterocycles. The van der Waals surface area contributed by atoms with Crippen molar-refractivity contribution in [3.8, 4) is 0 Å². The minimum absolute atomic E-state index is 0.368. The molecular weight excluding hydrogens is 432 g/mol. The predicted octanol–water partition coefficient (Wildman–Crippen LogP) is 6.07. The monoisotopic (exact) mass is 464 g/mol. The molecule has 1 unspecified atom stereocenters. The molecule has 178 valence electrons. The minimum atomic E-state index is -1.34. The highest BCUT2D eigenvalue weighted by atomic mass is 16.2. The third-order valence-corrected chi connectivity index (χ3v) is 5.96. The van der Waals surface area contributed by atoms with Crippen LogP contribution in [0.15, 0.2) is 128 Å². The van der Waals surface area contributed by atoms with E-state index >= 15 is 0 Å². The third kappa shape index (κ3) is 6.24. The van der Waals surface area contributed by atoms with Crippen molar-refractivity contribution in [2.75, 3.05) is 0 Å². The first-order chi connectivity index (χ1) is 16.9. The zero-order valence-corrected chi connectivity index (χ0v) is 20.3. The highest BCUT2D eigenvalue weighted by molar-refractivity contribution is 6.04. The molecule has 0 aliphatic rings. The lowest BCUT2D eigenvalue weighted by Gasteiger charge is -2.30. The maximum Gasteiger partial charge on any atom is 0.235 e. The molecule has 0 bridgehead atoms. The fourth-order valence-corrected chi connectivity index (χ4v) is 3.80. The van der Waals surface area contributed by atoms with E-state index < -0.39 is 11.5 Å². The zero-order chi connectivity index (χ0) is 25.3. The van der Waals surface area contributed by atoms with Crippen molar-refractivity contribution in [1.82, 2.24) is 10.6 Å². The van der Waals surface area contributed by atoms with Crippen molar-refractivity contribution in [1.29, 1.82) is 0 Å². The van der Waals surface area contributed by atoms with E-state index in [1.54, 1.807) is 32.1 Å². The van der Waals surface area contributed by atoms with Crippen molar-refractivity contribution in [3.05, 3.63) is 145 Å². The topological polar surface area (TPSA) is 58.2 Å². The number of hydrogen-bond acceptors (Lipinski definition) is 2. The van der Waals surface area contributed by atoms with Crippen molar-refractivity contribution in [2.24, 2.45) is 5.41 Å². The van der Waals surface area contributed by atoms with Crippen molar-refractivity contribution in [2.45, 2.75) is 25.9 Å². The van der Waals surface area contributed by atoms with Gasteiger partial charge in [-0.3, -0.25) is 9.59 Å². The fraction of sp³-hybridized carbons (Fsp3) is 0.161. The van der Waals surface area contributed by atoms with Gasteiger partial charge in [-0.25, -0.2) is 0 Å². The average molecular weight is 465 g/mol. The van der Waals surface area contributed by atoms with Crippen LogP contribution in [0.5, 0.6) is 0 Å². The van der Waals surface area contributed by atoms with Gasteiger partial charge < -0.3 is 10.6 Å². The van der Waals surface area contributed by atoms with Crippen LogP contribution in [0.3, 0.4) is 0 Å². The summed E-state index contributed by atoms with van der Waals surface area (Å²) in [5.74, 6) is -0.757. The Morgan fingerprint density at radius 3 is 1.57 bits per heavy atom. The minimum Gasteiger partial charge on any atom is -0.344 e. The van der Waals surface area contributed by atoms with Gasteiger partial charge in [0.1, 0.15) is 5.41 Å². The van der Waals surface area contributed by atoms with E-state index in [0.717, 1.165) is 22.3 Å². The number of hydrogen-bond donors (Lipinski definition) is 2. The van der Waals surface area contributed by atoms with Crippen LogP contribution in [0.4, 0.5) is 0 Å². The van der Waals surface area contributed by atoms with Crippen molar-refractivity contribution in [3.63, 3.8) is 0 Å². The molecule has 35 heavy (non-hydrogen) atoms. The predicted molar refractivity (Wildman–Crippen MR) is 142 cm³/mol. The number of allylic oxidation sites excluding steroid dienone is 2. The fourth-order valence-electron chi connectivity index (χ4n) is 3.80. The van der Waals surface area contributed by atoms with Crippen LogP contribution in [0.2, 0.25) is 0 Å². The lowest BCUT2D eigenvalue weighted by Crippen LogP contribution is -2.49. The summed E-state index contributed by atoms with van der Waals surface area (Å²) < 4.78 is 0. The quantitative estimate of drug-likeness (QED) is 0.282. The van der Waals surface area contributed by atoms with Crippen LogP contribution in [0.25, 0.3) is 0 Å². The van der Waals surface area contributed by atoms with Gasteiger partial charge in [0.2, 0.25) is 11.8 Å². The van der Waals surface area contributed by atoms with Crippen molar-refractivity contribution < 1.29 is 9.59 Å². The zero-order valence-electron chi connectivity index (χ0n) is 20.3. The molecule has 1 atom stereocenters. The van der Waals surface area contributed by atoms with Crippen molar-refractivity contribution >= 4 is 11.8 Å². The molecule has 3 aromatic carbocycles. The molecule has 4 nitrogen and oxygen atoms in total. The van der Waals surface area contributed by atoms with Gasteiger partial charge in [0.05, 0.1) is 12.1 Å². The molecule has 0 radical (unpaired) electrons. The van der Waals surface area contributed by atoms with Crippen LogP contribution < -0.4 is 10.6 Å². The van der Waals surface area contributed by atoms with Gasteiger partial charge in [-0.05, 0) is 36.1 Å². The number of carbonyl (C=O) groups excluding carboxylic acids is 2. The van der Waals surface area contributed by atoms with Gasteiger partial charge >= 0.3 is 0 Å². The maximum absolute atomic E-state index is 13.5. The van der Waals surface area contributed by atoms with E-state index in [4.69, 9.17) is 0 Å². The lowest BCUT2D eigenvalue weighted by atomic mass is 9.88. The summed E-state index contributed by atoms with van der Waals surface area (Å²) in [5, 5.41) is 6.16. The van der Waals surface area contributed by atoms with Gasteiger partial charge in [0.15, 0.2) is 0 Å². The number of amides is 2. The molecule has 3 rings (SSSR count). The summed E-state index contributed by atoms with van der Waals surface area (Å²) in [6, 6.07) is 28.2.